The lowest BCUT2D eigenvalue weighted by atomic mass is 10.1. The van der Waals surface area contributed by atoms with E-state index in [1.54, 1.807) is 0 Å². The highest BCUT2D eigenvalue weighted by Crippen LogP contribution is 2.25. The number of hydrogen-bond acceptors (Lipinski definition) is 8. The summed E-state index contributed by atoms with van der Waals surface area (Å²) in [6, 6.07) is 12.4. The van der Waals surface area contributed by atoms with E-state index in [1.165, 1.54) is 5.56 Å². The highest BCUT2D eigenvalue weighted by atomic mass is 16.5. The molecule has 0 radical (unpaired) electrons. The fourth-order valence-corrected chi connectivity index (χ4v) is 3.63. The molecule has 0 spiro atoms. The number of H-pyrrole nitrogens is 1. The Morgan fingerprint density at radius 1 is 1.13 bits per heavy atom. The van der Waals surface area contributed by atoms with Crippen LogP contribution < -0.4 is 5.32 Å². The van der Waals surface area contributed by atoms with E-state index in [0.29, 0.717) is 11.8 Å². The first-order valence-electron chi connectivity index (χ1n) is 9.91. The molecule has 3 heterocycles. The van der Waals surface area contributed by atoms with Gasteiger partial charge >= 0.3 is 0 Å². The van der Waals surface area contributed by atoms with Crippen molar-refractivity contribution in [2.75, 3.05) is 31.6 Å². The fraction of sp³-hybridized carbons (Fsp3) is 0.286. The molecule has 2 aromatic carbocycles. The molecular formula is C21H22N8O. The number of ether oxygens (including phenoxy) is 1. The molecule has 2 N–H and O–H groups in total. The molecule has 4 aromatic rings. The Labute approximate surface area is 173 Å². The predicted octanol–water partition coefficient (Wildman–Crippen LogP) is 2.69. The highest BCUT2D eigenvalue weighted by Gasteiger charge is 2.14. The molecule has 0 atom stereocenters. The van der Waals surface area contributed by atoms with Gasteiger partial charge in [0.2, 0.25) is 5.95 Å². The summed E-state index contributed by atoms with van der Waals surface area (Å²) < 4.78 is 5.46. The molecule has 1 saturated heterocycles. The quantitative estimate of drug-likeness (QED) is 0.525. The van der Waals surface area contributed by atoms with Crippen LogP contribution in [0.15, 0.2) is 42.6 Å². The molecule has 0 aliphatic carbocycles. The van der Waals surface area contributed by atoms with Gasteiger partial charge in [0.15, 0.2) is 5.82 Å². The van der Waals surface area contributed by atoms with E-state index in [0.717, 1.165) is 60.6 Å². The molecule has 1 aliphatic heterocycles. The number of aromatic nitrogens is 6. The Balaban J connectivity index is 1.46. The molecule has 0 unspecified atom stereocenters. The summed E-state index contributed by atoms with van der Waals surface area (Å²) in [6.45, 7) is 6.26. The van der Waals surface area contributed by atoms with Gasteiger partial charge in [0.1, 0.15) is 0 Å². The van der Waals surface area contributed by atoms with Crippen LogP contribution in [-0.4, -0.2) is 61.8 Å². The van der Waals surface area contributed by atoms with Crippen molar-refractivity contribution in [1.82, 2.24) is 35.5 Å². The van der Waals surface area contributed by atoms with Crippen molar-refractivity contribution in [3.8, 4) is 11.4 Å². The van der Waals surface area contributed by atoms with Crippen molar-refractivity contribution < 1.29 is 4.74 Å². The van der Waals surface area contributed by atoms with E-state index in [2.05, 4.69) is 72.0 Å². The van der Waals surface area contributed by atoms with Crippen LogP contribution in [0, 0.1) is 6.92 Å². The molecule has 0 saturated carbocycles. The normalized spacial score (nSPS) is 14.8. The second-order valence-electron chi connectivity index (χ2n) is 7.44. The van der Waals surface area contributed by atoms with Gasteiger partial charge < -0.3 is 10.1 Å². The first kappa shape index (κ1) is 18.6. The van der Waals surface area contributed by atoms with Crippen molar-refractivity contribution in [3.63, 3.8) is 0 Å². The van der Waals surface area contributed by atoms with E-state index >= 15 is 0 Å². The summed E-state index contributed by atoms with van der Waals surface area (Å²) in [4.78, 5) is 11.5. The maximum atomic E-state index is 5.46. The number of aryl methyl sites for hydroxylation is 1. The minimum Gasteiger partial charge on any atom is -0.379 e. The van der Waals surface area contributed by atoms with Crippen LogP contribution in [0.2, 0.25) is 0 Å². The smallest absolute Gasteiger partial charge is 0.227 e. The molecular weight excluding hydrogens is 380 g/mol. The molecule has 30 heavy (non-hydrogen) atoms. The van der Waals surface area contributed by atoms with Crippen LogP contribution in [0.25, 0.3) is 22.3 Å². The summed E-state index contributed by atoms with van der Waals surface area (Å²) in [6.07, 6.45) is 1.84. The van der Waals surface area contributed by atoms with Gasteiger partial charge in [-0.15, -0.1) is 5.10 Å². The number of benzene rings is 2. The predicted molar refractivity (Wildman–Crippen MR) is 113 cm³/mol. The summed E-state index contributed by atoms with van der Waals surface area (Å²) in [5, 5.41) is 18.7. The molecule has 9 heteroatoms. The van der Waals surface area contributed by atoms with E-state index in [1.807, 2.05) is 18.3 Å². The molecule has 0 amide bonds. The molecule has 9 nitrogen and oxygen atoms in total. The van der Waals surface area contributed by atoms with Crippen LogP contribution in [0.5, 0.6) is 0 Å². The zero-order valence-corrected chi connectivity index (χ0v) is 16.7. The van der Waals surface area contributed by atoms with Gasteiger partial charge in [0.25, 0.3) is 0 Å². The van der Waals surface area contributed by atoms with Crippen LogP contribution in [0.3, 0.4) is 0 Å². The number of nitrogens with one attached hydrogen (secondary N) is 2. The number of fused-ring (bicyclic) bond motifs is 1. The van der Waals surface area contributed by atoms with E-state index < -0.39 is 0 Å². The van der Waals surface area contributed by atoms with Crippen molar-refractivity contribution in [1.29, 1.82) is 0 Å². The van der Waals surface area contributed by atoms with Gasteiger partial charge in [0, 0.05) is 42.5 Å². The van der Waals surface area contributed by atoms with Crippen molar-refractivity contribution in [3.05, 3.63) is 53.7 Å². The largest absolute Gasteiger partial charge is 0.379 e. The third kappa shape index (κ3) is 4.12. The van der Waals surface area contributed by atoms with Gasteiger partial charge in [0.05, 0.1) is 18.7 Å². The number of tetrazole rings is 1. The zero-order chi connectivity index (χ0) is 20.3. The third-order valence-electron chi connectivity index (χ3n) is 5.11. The maximum absolute atomic E-state index is 5.46. The average molecular weight is 402 g/mol. The van der Waals surface area contributed by atoms with E-state index in [4.69, 9.17) is 4.74 Å². The Hall–Kier alpha value is -3.43. The number of aromatic amines is 1. The van der Waals surface area contributed by atoms with Crippen LogP contribution in [0.4, 0.5) is 11.6 Å². The van der Waals surface area contributed by atoms with Crippen molar-refractivity contribution in [2.24, 2.45) is 0 Å². The Morgan fingerprint density at radius 2 is 2.03 bits per heavy atom. The maximum Gasteiger partial charge on any atom is 0.227 e. The lowest BCUT2D eigenvalue weighted by molar-refractivity contribution is 0.0342. The summed E-state index contributed by atoms with van der Waals surface area (Å²) >= 11 is 0. The number of anilines is 2. The van der Waals surface area contributed by atoms with Gasteiger partial charge in [-0.1, -0.05) is 11.6 Å². The second-order valence-corrected chi connectivity index (χ2v) is 7.44. The van der Waals surface area contributed by atoms with Crippen LogP contribution in [0.1, 0.15) is 11.1 Å². The Morgan fingerprint density at radius 3 is 2.87 bits per heavy atom. The minimum absolute atomic E-state index is 0.552. The van der Waals surface area contributed by atoms with E-state index in [9.17, 15) is 0 Å². The summed E-state index contributed by atoms with van der Waals surface area (Å²) in [5.41, 5.74) is 5.04. The molecule has 2 aromatic heterocycles. The topological polar surface area (TPSA) is 105 Å². The number of rotatable bonds is 5. The Bertz CT molecular complexity index is 1160. The van der Waals surface area contributed by atoms with E-state index in [-0.39, 0.29) is 0 Å². The van der Waals surface area contributed by atoms with Crippen LogP contribution in [-0.2, 0) is 11.3 Å². The lowest BCUT2D eigenvalue weighted by Crippen LogP contribution is -2.35. The SMILES string of the molecule is Cc1ccc2nc(Nc3cc(CN4CCOCC4)cc(-c4nnn[nH]4)c3)ncc2c1. The number of morpholine rings is 1. The molecule has 1 aliphatic rings. The summed E-state index contributed by atoms with van der Waals surface area (Å²) in [7, 11) is 0. The van der Waals surface area contributed by atoms with Gasteiger partial charge in [-0.3, -0.25) is 4.90 Å². The average Bonchev–Trinajstić information content (AvgIpc) is 3.30. The molecule has 5 rings (SSSR count). The van der Waals surface area contributed by atoms with Gasteiger partial charge in [-0.2, -0.15) is 0 Å². The molecule has 152 valence electrons. The van der Waals surface area contributed by atoms with Gasteiger partial charge in [-0.25, -0.2) is 15.1 Å². The molecule has 0 bridgehead atoms. The summed E-state index contributed by atoms with van der Waals surface area (Å²) in [5.74, 6) is 1.17. The van der Waals surface area contributed by atoms with Gasteiger partial charge in [-0.05, 0) is 53.2 Å². The van der Waals surface area contributed by atoms with Crippen molar-refractivity contribution in [2.45, 2.75) is 13.5 Å². The Kier molecular flexibility index (Phi) is 5.04. The zero-order valence-electron chi connectivity index (χ0n) is 16.7. The highest BCUT2D eigenvalue weighted by molar-refractivity contribution is 5.80. The van der Waals surface area contributed by atoms with Crippen LogP contribution >= 0.6 is 0 Å². The minimum atomic E-state index is 0.552. The van der Waals surface area contributed by atoms with Crippen molar-refractivity contribution >= 4 is 22.5 Å². The third-order valence-corrected chi connectivity index (χ3v) is 5.11. The number of hydrogen-bond donors (Lipinski definition) is 2. The lowest BCUT2D eigenvalue weighted by Gasteiger charge is -2.26. The number of nitrogens with zero attached hydrogens (tertiary/aromatic N) is 6. The fourth-order valence-electron chi connectivity index (χ4n) is 3.63. The standard InChI is InChI=1S/C21H22N8O/c1-14-2-3-19-17(8-14)12-22-21(24-19)23-18-10-15(13-29-4-6-30-7-5-29)9-16(11-18)20-25-27-28-26-20/h2-3,8-12H,4-7,13H2,1H3,(H,22,23,24)(H,25,26,27,28). The monoisotopic (exact) mass is 402 g/mol. The first-order chi connectivity index (χ1) is 14.7. The first-order valence-corrected chi connectivity index (χ1v) is 9.91. The second kappa shape index (κ2) is 8.13. The molecule has 1 fully saturated rings.